The summed E-state index contributed by atoms with van der Waals surface area (Å²) in [5.74, 6) is 0. The molecule has 0 spiro atoms. The van der Waals surface area contributed by atoms with E-state index in [9.17, 15) is 0 Å². The summed E-state index contributed by atoms with van der Waals surface area (Å²) in [7, 11) is 0.808. The SMILES string of the molecule is B1c2c(cc3c(oc4ccccc43)c2-c2ccc3ccccc3c2Nc2ccc(-c3ccccc3)cc2)-n2c3c1cccc3c1sc3ccccc3c12. The van der Waals surface area contributed by atoms with Crippen molar-refractivity contribution in [3.05, 3.63) is 164 Å². The number of furan rings is 1. The van der Waals surface area contributed by atoms with Gasteiger partial charge in [-0.3, -0.25) is 0 Å². The Labute approximate surface area is 309 Å². The van der Waals surface area contributed by atoms with E-state index in [2.05, 4.69) is 174 Å². The zero-order valence-electron chi connectivity index (χ0n) is 28.6. The molecule has 12 rings (SSSR count). The van der Waals surface area contributed by atoms with E-state index in [1.165, 1.54) is 69.7 Å². The van der Waals surface area contributed by atoms with E-state index in [1.807, 2.05) is 11.3 Å². The molecule has 5 heteroatoms. The Morgan fingerprint density at radius 3 is 2.19 bits per heavy atom. The van der Waals surface area contributed by atoms with E-state index in [1.54, 1.807) is 0 Å². The number of nitrogens with one attached hydrogen (secondary N) is 1. The van der Waals surface area contributed by atoms with Crippen LogP contribution in [0.25, 0.3) is 91.9 Å². The molecule has 0 atom stereocenters. The summed E-state index contributed by atoms with van der Waals surface area (Å²) in [5.41, 5.74) is 15.1. The van der Waals surface area contributed by atoms with Crippen LogP contribution in [0.2, 0.25) is 0 Å². The fourth-order valence-electron chi connectivity index (χ4n) is 8.84. The Kier molecular flexibility index (Phi) is 6.02. The molecule has 0 fully saturated rings. The van der Waals surface area contributed by atoms with Gasteiger partial charge in [0.2, 0.25) is 0 Å². The maximum Gasteiger partial charge on any atom is 0.198 e. The molecule has 0 radical (unpaired) electrons. The fraction of sp³-hybridized carbons (Fsp3) is 0. The van der Waals surface area contributed by atoms with Gasteiger partial charge in [-0.1, -0.05) is 139 Å². The number of nitrogens with zero attached hydrogens (tertiary/aromatic N) is 1. The van der Waals surface area contributed by atoms with Gasteiger partial charge in [0.15, 0.2) is 7.28 Å². The van der Waals surface area contributed by atoms with Gasteiger partial charge in [0, 0.05) is 59.6 Å². The topological polar surface area (TPSA) is 30.1 Å². The molecule has 3 nitrogen and oxygen atoms in total. The summed E-state index contributed by atoms with van der Waals surface area (Å²) in [4.78, 5) is 0. The molecule has 0 aliphatic carbocycles. The Morgan fingerprint density at radius 2 is 1.30 bits per heavy atom. The van der Waals surface area contributed by atoms with Crippen molar-refractivity contribution < 1.29 is 4.42 Å². The molecule has 3 aromatic heterocycles. The summed E-state index contributed by atoms with van der Waals surface area (Å²) in [6.07, 6.45) is 0. The van der Waals surface area contributed by atoms with Crippen LogP contribution in [-0.4, -0.2) is 11.8 Å². The van der Waals surface area contributed by atoms with Gasteiger partial charge >= 0.3 is 0 Å². The largest absolute Gasteiger partial charge is 0.455 e. The molecule has 0 bridgehead atoms. The first kappa shape index (κ1) is 29.1. The monoisotopic (exact) mass is 692 g/mol. The van der Waals surface area contributed by atoms with Crippen LogP contribution in [0.1, 0.15) is 0 Å². The lowest BCUT2D eigenvalue weighted by molar-refractivity contribution is 0.670. The third-order valence-electron chi connectivity index (χ3n) is 11.2. The molecular weight excluding hydrogens is 663 g/mol. The summed E-state index contributed by atoms with van der Waals surface area (Å²) in [5, 5.41) is 11.2. The number of hydrogen-bond donors (Lipinski definition) is 1. The Balaban J connectivity index is 1.17. The van der Waals surface area contributed by atoms with E-state index in [0.717, 1.165) is 51.7 Å². The van der Waals surface area contributed by atoms with Crippen LogP contribution in [0.4, 0.5) is 11.4 Å². The maximum atomic E-state index is 6.94. The first-order valence-electron chi connectivity index (χ1n) is 18.1. The lowest BCUT2D eigenvalue weighted by Gasteiger charge is -2.25. The third kappa shape index (κ3) is 4.17. The third-order valence-corrected chi connectivity index (χ3v) is 12.4. The zero-order chi connectivity index (χ0) is 34.6. The number of thiophene rings is 1. The normalized spacial score (nSPS) is 12.3. The van der Waals surface area contributed by atoms with Gasteiger partial charge < -0.3 is 14.3 Å². The van der Waals surface area contributed by atoms with Crippen LogP contribution >= 0.6 is 11.3 Å². The molecule has 0 saturated carbocycles. The second-order valence-corrected chi connectivity index (χ2v) is 15.2. The number of fused-ring (bicyclic) bond motifs is 11. The summed E-state index contributed by atoms with van der Waals surface area (Å²) < 4.78 is 12.2. The molecule has 1 N–H and O–H groups in total. The molecule has 1 aliphatic heterocycles. The number of aromatic nitrogens is 1. The summed E-state index contributed by atoms with van der Waals surface area (Å²) in [6, 6.07) is 59.2. The van der Waals surface area contributed by atoms with Gasteiger partial charge in [0.25, 0.3) is 0 Å². The maximum absolute atomic E-state index is 6.94. The smallest absolute Gasteiger partial charge is 0.198 e. The summed E-state index contributed by atoms with van der Waals surface area (Å²) in [6.45, 7) is 0. The van der Waals surface area contributed by atoms with Gasteiger partial charge in [-0.05, 0) is 52.3 Å². The van der Waals surface area contributed by atoms with E-state index in [-0.39, 0.29) is 0 Å². The van der Waals surface area contributed by atoms with Crippen LogP contribution in [0, 0.1) is 0 Å². The Bertz CT molecular complexity index is 3280. The molecule has 53 heavy (non-hydrogen) atoms. The number of benzene rings is 8. The average molecular weight is 693 g/mol. The second-order valence-electron chi connectivity index (χ2n) is 14.1. The van der Waals surface area contributed by atoms with Crippen LogP contribution in [-0.2, 0) is 0 Å². The number of rotatable bonds is 4. The molecule has 0 unspecified atom stereocenters. The number of anilines is 2. The molecule has 0 saturated heterocycles. The lowest BCUT2D eigenvalue weighted by Crippen LogP contribution is -2.37. The van der Waals surface area contributed by atoms with Gasteiger partial charge in [-0.15, -0.1) is 11.3 Å². The predicted octanol–water partition coefficient (Wildman–Crippen LogP) is 11.8. The van der Waals surface area contributed by atoms with Gasteiger partial charge in [0.05, 0.1) is 15.9 Å². The minimum Gasteiger partial charge on any atom is -0.455 e. The highest BCUT2D eigenvalue weighted by Gasteiger charge is 2.31. The lowest BCUT2D eigenvalue weighted by atomic mass is 9.59. The number of hydrogen-bond acceptors (Lipinski definition) is 3. The molecule has 4 heterocycles. The minimum atomic E-state index is 0.808. The minimum absolute atomic E-state index is 0.808. The summed E-state index contributed by atoms with van der Waals surface area (Å²) >= 11 is 1.90. The zero-order valence-corrected chi connectivity index (χ0v) is 29.4. The van der Waals surface area contributed by atoms with Crippen LogP contribution in [0.15, 0.2) is 168 Å². The Morgan fingerprint density at radius 1 is 0.566 bits per heavy atom. The molecule has 0 amide bonds. The van der Waals surface area contributed by atoms with Crippen molar-refractivity contribution in [2.75, 3.05) is 5.32 Å². The molecule has 8 aromatic carbocycles. The van der Waals surface area contributed by atoms with Crippen molar-refractivity contribution in [2.24, 2.45) is 0 Å². The van der Waals surface area contributed by atoms with E-state index < -0.39 is 0 Å². The van der Waals surface area contributed by atoms with Crippen molar-refractivity contribution in [3.63, 3.8) is 0 Å². The van der Waals surface area contributed by atoms with Crippen molar-refractivity contribution in [1.29, 1.82) is 0 Å². The fourth-order valence-corrected chi connectivity index (χ4v) is 10.1. The second kappa shape index (κ2) is 11.0. The quantitative estimate of drug-likeness (QED) is 0.186. The molecule has 1 aliphatic rings. The van der Waals surface area contributed by atoms with Crippen molar-refractivity contribution in [1.82, 2.24) is 4.57 Å². The van der Waals surface area contributed by atoms with E-state index in [0.29, 0.717) is 0 Å². The standard InChI is InChI=1S/C48H29BN2OS/c1-2-11-28(12-3-1)29-21-24-31(25-22-29)50-44-32-14-5-4-13-30(32)23-26-35(44)42-43-39(27-37-33-15-6-8-19-40(33)52-47(37)42)51-45-36(17-10-18-38(45)49-43)48-46(51)34-16-7-9-20-41(34)53-48/h1-27,49-50H. The highest BCUT2D eigenvalue weighted by atomic mass is 32.1. The van der Waals surface area contributed by atoms with Crippen LogP contribution in [0.3, 0.4) is 0 Å². The van der Waals surface area contributed by atoms with Crippen LogP contribution in [0.5, 0.6) is 0 Å². The first-order valence-corrected chi connectivity index (χ1v) is 19.0. The van der Waals surface area contributed by atoms with E-state index >= 15 is 0 Å². The first-order chi connectivity index (χ1) is 26.3. The highest BCUT2D eigenvalue weighted by molar-refractivity contribution is 7.26. The van der Waals surface area contributed by atoms with Gasteiger partial charge in [0.1, 0.15) is 11.2 Å². The number of para-hydroxylation sites is 2. The van der Waals surface area contributed by atoms with Crippen LogP contribution < -0.4 is 16.2 Å². The molecular formula is C48H29BN2OS. The van der Waals surface area contributed by atoms with Crippen molar-refractivity contribution >= 4 is 105 Å². The molecule has 246 valence electrons. The molecule has 11 aromatic rings. The van der Waals surface area contributed by atoms with E-state index in [4.69, 9.17) is 4.42 Å². The Hall–Kier alpha value is -6.56. The highest BCUT2D eigenvalue weighted by Crippen LogP contribution is 2.46. The van der Waals surface area contributed by atoms with Gasteiger partial charge in [-0.25, -0.2) is 0 Å². The predicted molar refractivity (Wildman–Crippen MR) is 228 cm³/mol. The average Bonchev–Trinajstić information content (AvgIpc) is 3.88. The van der Waals surface area contributed by atoms with Crippen molar-refractivity contribution in [2.45, 2.75) is 0 Å². The van der Waals surface area contributed by atoms with Gasteiger partial charge in [-0.2, -0.15) is 0 Å². The van der Waals surface area contributed by atoms with Crippen molar-refractivity contribution in [3.8, 4) is 27.9 Å².